The van der Waals surface area contributed by atoms with Crippen molar-refractivity contribution in [2.75, 3.05) is 24.6 Å². The van der Waals surface area contributed by atoms with Crippen LogP contribution < -0.4 is 15.0 Å². The molecule has 1 heterocycles. The van der Waals surface area contributed by atoms with Gasteiger partial charge in [-0.25, -0.2) is 0 Å². The first-order valence-corrected chi connectivity index (χ1v) is 8.48. The molecular formula is C20H22N2O3. The molecule has 2 aromatic rings. The first-order valence-electron chi connectivity index (χ1n) is 8.48. The van der Waals surface area contributed by atoms with Crippen LogP contribution in [0.15, 0.2) is 48.5 Å². The minimum Gasteiger partial charge on any atom is -0.482 e. The molecule has 0 aliphatic carbocycles. The number of amides is 2. The van der Waals surface area contributed by atoms with E-state index in [0.717, 1.165) is 17.7 Å². The van der Waals surface area contributed by atoms with Gasteiger partial charge in [0.2, 0.25) is 5.91 Å². The lowest BCUT2D eigenvalue weighted by molar-refractivity contribution is -0.122. The summed E-state index contributed by atoms with van der Waals surface area (Å²) in [4.78, 5) is 25.9. The normalized spacial score (nSPS) is 13.2. The number of aryl methyl sites for hydroxylation is 1. The van der Waals surface area contributed by atoms with Crippen LogP contribution in [0.3, 0.4) is 0 Å². The molecule has 0 bridgehead atoms. The summed E-state index contributed by atoms with van der Waals surface area (Å²) < 4.78 is 5.45. The van der Waals surface area contributed by atoms with Crippen molar-refractivity contribution in [3.63, 3.8) is 0 Å². The maximum Gasteiger partial charge on any atom is 0.265 e. The Balaban J connectivity index is 1.52. The maximum atomic E-state index is 12.1. The predicted octanol–water partition coefficient (Wildman–Crippen LogP) is 2.47. The van der Waals surface area contributed by atoms with Crippen molar-refractivity contribution >= 4 is 17.5 Å². The fourth-order valence-corrected chi connectivity index (χ4v) is 2.85. The standard InChI is InChI=1S/C20H22N2O3/c1-15-7-8-18-17(13-15)22(20(24)14-25-18)12-10-19(23)21-11-9-16-5-3-2-4-6-16/h2-8,13H,9-12,14H2,1H3,(H,21,23). The molecule has 0 radical (unpaired) electrons. The molecule has 25 heavy (non-hydrogen) atoms. The van der Waals surface area contributed by atoms with Crippen LogP contribution in [0.1, 0.15) is 17.5 Å². The van der Waals surface area contributed by atoms with Crippen LogP contribution in [0.4, 0.5) is 5.69 Å². The molecule has 0 saturated carbocycles. The second kappa shape index (κ2) is 7.83. The largest absolute Gasteiger partial charge is 0.482 e. The van der Waals surface area contributed by atoms with Gasteiger partial charge >= 0.3 is 0 Å². The molecule has 1 aliphatic heterocycles. The van der Waals surface area contributed by atoms with Gasteiger partial charge in [-0.3, -0.25) is 9.59 Å². The highest BCUT2D eigenvalue weighted by Gasteiger charge is 2.25. The molecule has 0 saturated heterocycles. The van der Waals surface area contributed by atoms with Gasteiger partial charge < -0.3 is 15.0 Å². The topological polar surface area (TPSA) is 58.6 Å². The average molecular weight is 338 g/mol. The van der Waals surface area contributed by atoms with Gasteiger partial charge in [0, 0.05) is 19.5 Å². The van der Waals surface area contributed by atoms with E-state index in [4.69, 9.17) is 4.74 Å². The number of hydrogen-bond donors (Lipinski definition) is 1. The third-order valence-electron chi connectivity index (χ3n) is 4.20. The Bertz CT molecular complexity index is 759. The Morgan fingerprint density at radius 2 is 2.00 bits per heavy atom. The molecule has 2 amide bonds. The minimum absolute atomic E-state index is 0.0195. The van der Waals surface area contributed by atoms with Crippen LogP contribution in [0.25, 0.3) is 0 Å². The van der Waals surface area contributed by atoms with Crippen molar-refractivity contribution in [2.24, 2.45) is 0 Å². The van der Waals surface area contributed by atoms with E-state index in [0.29, 0.717) is 18.8 Å². The van der Waals surface area contributed by atoms with Crippen molar-refractivity contribution in [1.82, 2.24) is 5.32 Å². The summed E-state index contributed by atoms with van der Waals surface area (Å²) in [6, 6.07) is 15.8. The van der Waals surface area contributed by atoms with E-state index in [2.05, 4.69) is 5.32 Å². The van der Waals surface area contributed by atoms with E-state index in [1.165, 1.54) is 5.56 Å². The first kappa shape index (κ1) is 17.0. The quantitative estimate of drug-likeness (QED) is 0.880. The molecule has 3 rings (SSSR count). The summed E-state index contributed by atoms with van der Waals surface area (Å²) in [6.07, 6.45) is 1.07. The molecule has 0 spiro atoms. The number of carbonyl (C=O) groups excluding carboxylic acids is 2. The Morgan fingerprint density at radius 3 is 2.80 bits per heavy atom. The lowest BCUT2D eigenvalue weighted by Crippen LogP contribution is -2.41. The molecule has 130 valence electrons. The maximum absolute atomic E-state index is 12.1. The van der Waals surface area contributed by atoms with Gasteiger partial charge in [0.25, 0.3) is 5.91 Å². The number of nitrogens with one attached hydrogen (secondary N) is 1. The third-order valence-corrected chi connectivity index (χ3v) is 4.20. The fourth-order valence-electron chi connectivity index (χ4n) is 2.85. The SMILES string of the molecule is Cc1ccc2c(c1)N(CCC(=O)NCCc1ccccc1)C(=O)CO2. The number of rotatable bonds is 6. The van der Waals surface area contributed by atoms with Crippen LogP contribution in [-0.4, -0.2) is 31.5 Å². The van der Waals surface area contributed by atoms with Gasteiger partial charge in [-0.2, -0.15) is 0 Å². The Hall–Kier alpha value is -2.82. The van der Waals surface area contributed by atoms with Gasteiger partial charge in [-0.05, 0) is 36.6 Å². The molecule has 5 nitrogen and oxygen atoms in total. The van der Waals surface area contributed by atoms with Crippen LogP contribution in [-0.2, 0) is 16.0 Å². The lowest BCUT2D eigenvalue weighted by Gasteiger charge is -2.29. The smallest absolute Gasteiger partial charge is 0.265 e. The average Bonchev–Trinajstić information content (AvgIpc) is 2.62. The number of anilines is 1. The van der Waals surface area contributed by atoms with Crippen LogP contribution in [0, 0.1) is 6.92 Å². The third kappa shape index (κ3) is 4.38. The second-order valence-electron chi connectivity index (χ2n) is 6.14. The van der Waals surface area contributed by atoms with Crippen molar-refractivity contribution in [3.8, 4) is 5.75 Å². The fraction of sp³-hybridized carbons (Fsp3) is 0.300. The molecule has 1 aliphatic rings. The highest BCUT2D eigenvalue weighted by molar-refractivity contribution is 5.98. The van der Waals surface area contributed by atoms with Crippen molar-refractivity contribution in [1.29, 1.82) is 0 Å². The molecule has 0 unspecified atom stereocenters. The van der Waals surface area contributed by atoms with Gasteiger partial charge in [0.15, 0.2) is 6.61 Å². The van der Waals surface area contributed by atoms with Crippen molar-refractivity contribution < 1.29 is 14.3 Å². The minimum atomic E-state index is -0.116. The van der Waals surface area contributed by atoms with Gasteiger partial charge in [-0.15, -0.1) is 0 Å². The van der Waals surface area contributed by atoms with Crippen molar-refractivity contribution in [3.05, 3.63) is 59.7 Å². The highest BCUT2D eigenvalue weighted by Crippen LogP contribution is 2.32. The van der Waals surface area contributed by atoms with E-state index in [9.17, 15) is 9.59 Å². The molecule has 0 aromatic heterocycles. The van der Waals surface area contributed by atoms with Gasteiger partial charge in [0.1, 0.15) is 5.75 Å². The summed E-state index contributed by atoms with van der Waals surface area (Å²) in [5.41, 5.74) is 2.98. The second-order valence-corrected chi connectivity index (χ2v) is 6.14. The summed E-state index contributed by atoms with van der Waals surface area (Å²) >= 11 is 0. The predicted molar refractivity (Wildman–Crippen MR) is 96.8 cm³/mol. The number of nitrogens with zero attached hydrogens (tertiary/aromatic N) is 1. The summed E-state index contributed by atoms with van der Waals surface area (Å²) in [6.45, 7) is 2.94. The molecule has 5 heteroatoms. The van der Waals surface area contributed by atoms with E-state index < -0.39 is 0 Å². The van der Waals surface area contributed by atoms with Gasteiger partial charge in [0.05, 0.1) is 5.69 Å². The van der Waals surface area contributed by atoms with E-state index in [1.54, 1.807) is 4.90 Å². The highest BCUT2D eigenvalue weighted by atomic mass is 16.5. The number of hydrogen-bond acceptors (Lipinski definition) is 3. The number of ether oxygens (including phenoxy) is 1. The summed E-state index contributed by atoms with van der Waals surface area (Å²) in [5, 5.41) is 2.91. The Morgan fingerprint density at radius 1 is 1.20 bits per heavy atom. The van der Waals surface area contributed by atoms with E-state index in [1.807, 2.05) is 55.5 Å². The zero-order chi connectivity index (χ0) is 17.6. The Kier molecular flexibility index (Phi) is 5.33. The number of carbonyl (C=O) groups is 2. The van der Waals surface area contributed by atoms with Crippen LogP contribution >= 0.6 is 0 Å². The lowest BCUT2D eigenvalue weighted by atomic mass is 10.1. The number of benzene rings is 2. The molecular weight excluding hydrogens is 316 g/mol. The van der Waals surface area contributed by atoms with E-state index >= 15 is 0 Å². The first-order chi connectivity index (χ1) is 12.1. The molecule has 2 aromatic carbocycles. The Labute approximate surface area is 147 Å². The monoisotopic (exact) mass is 338 g/mol. The van der Waals surface area contributed by atoms with Crippen LogP contribution in [0.2, 0.25) is 0 Å². The molecule has 1 N–H and O–H groups in total. The summed E-state index contributed by atoms with van der Waals surface area (Å²) in [5.74, 6) is 0.522. The summed E-state index contributed by atoms with van der Waals surface area (Å²) in [7, 11) is 0. The van der Waals surface area contributed by atoms with E-state index in [-0.39, 0.29) is 24.8 Å². The zero-order valence-corrected chi connectivity index (χ0v) is 14.3. The zero-order valence-electron chi connectivity index (χ0n) is 14.3. The van der Waals surface area contributed by atoms with Crippen molar-refractivity contribution in [2.45, 2.75) is 19.8 Å². The molecule has 0 fully saturated rings. The van der Waals surface area contributed by atoms with Gasteiger partial charge in [-0.1, -0.05) is 36.4 Å². The van der Waals surface area contributed by atoms with Crippen LogP contribution in [0.5, 0.6) is 5.75 Å². The number of fused-ring (bicyclic) bond motifs is 1. The molecule has 0 atom stereocenters.